The van der Waals surface area contributed by atoms with Crippen LogP contribution in [0.5, 0.6) is 11.5 Å². The molecule has 2 heterocycles. The van der Waals surface area contributed by atoms with E-state index in [0.717, 1.165) is 0 Å². The number of anilines is 1. The van der Waals surface area contributed by atoms with Crippen molar-refractivity contribution in [3.05, 3.63) is 63.7 Å². The fraction of sp³-hybridized carbons (Fsp3) is 0.143. The molecule has 0 spiro atoms. The first kappa shape index (κ1) is 21.9. The molecule has 0 saturated carbocycles. The SMILES string of the molecule is CCOc1cc(/C=C(/C#N)C(=O)Nc2cc(C)on2)cc(Br)c1OC(=O)c1ccco1. The Labute approximate surface area is 185 Å². The van der Waals surface area contributed by atoms with Crippen LogP contribution in [0.25, 0.3) is 6.08 Å². The highest BCUT2D eigenvalue weighted by molar-refractivity contribution is 9.10. The van der Waals surface area contributed by atoms with E-state index in [1.807, 2.05) is 6.07 Å². The second-order valence-electron chi connectivity index (χ2n) is 6.08. The van der Waals surface area contributed by atoms with Gasteiger partial charge in [-0.3, -0.25) is 4.79 Å². The van der Waals surface area contributed by atoms with Gasteiger partial charge in [0, 0.05) is 6.07 Å². The van der Waals surface area contributed by atoms with E-state index in [0.29, 0.717) is 22.4 Å². The van der Waals surface area contributed by atoms with E-state index in [4.69, 9.17) is 18.4 Å². The van der Waals surface area contributed by atoms with Crippen LogP contribution in [0.1, 0.15) is 28.8 Å². The number of ether oxygens (including phenoxy) is 2. The molecular formula is C21H16BrN3O6. The number of aryl methyl sites for hydroxylation is 1. The Morgan fingerprint density at radius 2 is 2.16 bits per heavy atom. The van der Waals surface area contributed by atoms with Gasteiger partial charge in [0.05, 0.1) is 17.3 Å². The van der Waals surface area contributed by atoms with Crippen molar-refractivity contribution < 1.29 is 28.0 Å². The van der Waals surface area contributed by atoms with Crippen molar-refractivity contribution in [3.8, 4) is 17.6 Å². The highest BCUT2D eigenvalue weighted by atomic mass is 79.9. The summed E-state index contributed by atoms with van der Waals surface area (Å²) >= 11 is 3.34. The maximum Gasteiger partial charge on any atom is 0.379 e. The molecule has 158 valence electrons. The molecule has 3 rings (SSSR count). The van der Waals surface area contributed by atoms with Crippen LogP contribution in [-0.2, 0) is 4.79 Å². The van der Waals surface area contributed by atoms with Crippen LogP contribution >= 0.6 is 15.9 Å². The predicted molar refractivity (Wildman–Crippen MR) is 112 cm³/mol. The lowest BCUT2D eigenvalue weighted by Gasteiger charge is -2.13. The smallest absolute Gasteiger partial charge is 0.379 e. The van der Waals surface area contributed by atoms with Gasteiger partial charge in [0.1, 0.15) is 17.4 Å². The zero-order valence-electron chi connectivity index (χ0n) is 16.5. The number of aromatic nitrogens is 1. The summed E-state index contributed by atoms with van der Waals surface area (Å²) in [5.41, 5.74) is 0.298. The van der Waals surface area contributed by atoms with Crippen LogP contribution in [0.4, 0.5) is 5.82 Å². The first-order valence-corrected chi connectivity index (χ1v) is 9.79. The van der Waals surface area contributed by atoms with Crippen molar-refractivity contribution in [2.24, 2.45) is 0 Å². The number of esters is 1. The molecule has 0 fully saturated rings. The second-order valence-corrected chi connectivity index (χ2v) is 6.93. The number of furan rings is 1. The minimum atomic E-state index is -0.699. The number of nitrogens with one attached hydrogen (secondary N) is 1. The summed E-state index contributed by atoms with van der Waals surface area (Å²) in [4.78, 5) is 24.6. The number of benzene rings is 1. The number of nitriles is 1. The molecule has 0 saturated heterocycles. The predicted octanol–water partition coefficient (Wildman–Crippen LogP) is 4.50. The number of hydrogen-bond donors (Lipinski definition) is 1. The molecule has 1 aromatic carbocycles. The van der Waals surface area contributed by atoms with Crippen molar-refractivity contribution in [3.63, 3.8) is 0 Å². The largest absolute Gasteiger partial charge is 0.490 e. The third kappa shape index (κ3) is 5.40. The molecule has 3 aromatic rings. The average Bonchev–Trinajstić information content (AvgIpc) is 3.40. The molecule has 2 aromatic heterocycles. The minimum Gasteiger partial charge on any atom is -0.490 e. The van der Waals surface area contributed by atoms with Gasteiger partial charge in [-0.25, -0.2) is 4.79 Å². The third-order valence-electron chi connectivity index (χ3n) is 3.79. The lowest BCUT2D eigenvalue weighted by atomic mass is 10.1. The Morgan fingerprint density at radius 3 is 2.77 bits per heavy atom. The van der Waals surface area contributed by atoms with E-state index < -0.39 is 11.9 Å². The summed E-state index contributed by atoms with van der Waals surface area (Å²) in [7, 11) is 0. The fourth-order valence-corrected chi connectivity index (χ4v) is 3.04. The topological polar surface area (TPSA) is 128 Å². The van der Waals surface area contributed by atoms with E-state index in [-0.39, 0.29) is 28.7 Å². The van der Waals surface area contributed by atoms with E-state index in [1.54, 1.807) is 32.0 Å². The third-order valence-corrected chi connectivity index (χ3v) is 4.38. The molecule has 0 atom stereocenters. The number of carbonyl (C=O) groups excluding carboxylic acids is 2. The Balaban J connectivity index is 1.89. The lowest BCUT2D eigenvalue weighted by molar-refractivity contribution is -0.112. The summed E-state index contributed by atoms with van der Waals surface area (Å²) in [5, 5.41) is 15.6. The molecule has 0 aliphatic rings. The van der Waals surface area contributed by atoms with E-state index >= 15 is 0 Å². The monoisotopic (exact) mass is 485 g/mol. The van der Waals surface area contributed by atoms with E-state index in [2.05, 4.69) is 26.4 Å². The van der Waals surface area contributed by atoms with Crippen LogP contribution < -0.4 is 14.8 Å². The summed E-state index contributed by atoms with van der Waals surface area (Å²) in [6.07, 6.45) is 2.73. The van der Waals surface area contributed by atoms with Crippen molar-refractivity contribution in [2.75, 3.05) is 11.9 Å². The number of nitrogens with zero attached hydrogens (tertiary/aromatic N) is 2. The zero-order chi connectivity index (χ0) is 22.4. The number of rotatable bonds is 7. The van der Waals surface area contributed by atoms with E-state index in [9.17, 15) is 14.9 Å². The molecule has 0 bridgehead atoms. The van der Waals surface area contributed by atoms with Crippen molar-refractivity contribution in [1.29, 1.82) is 5.26 Å². The molecule has 0 unspecified atom stereocenters. The molecule has 0 radical (unpaired) electrons. The second kappa shape index (κ2) is 9.77. The Bertz CT molecular complexity index is 1170. The minimum absolute atomic E-state index is 0.0323. The molecule has 0 aliphatic carbocycles. The lowest BCUT2D eigenvalue weighted by Crippen LogP contribution is -2.13. The first-order chi connectivity index (χ1) is 14.9. The van der Waals surface area contributed by atoms with Gasteiger partial charge >= 0.3 is 5.97 Å². The molecule has 31 heavy (non-hydrogen) atoms. The molecule has 9 nitrogen and oxygen atoms in total. The maximum atomic E-state index is 12.4. The molecule has 1 amide bonds. The van der Waals surface area contributed by atoms with Gasteiger partial charge in [-0.15, -0.1) is 0 Å². The summed E-state index contributed by atoms with van der Waals surface area (Å²) in [6, 6.07) is 9.55. The molecule has 0 aliphatic heterocycles. The van der Waals surface area contributed by atoms with Gasteiger partial charge in [0.15, 0.2) is 17.3 Å². The molecular weight excluding hydrogens is 470 g/mol. The number of amides is 1. The highest BCUT2D eigenvalue weighted by Gasteiger charge is 2.19. The van der Waals surface area contributed by atoms with Crippen molar-refractivity contribution in [1.82, 2.24) is 5.16 Å². The van der Waals surface area contributed by atoms with Gasteiger partial charge in [-0.05, 0) is 65.7 Å². The number of carbonyl (C=O) groups is 2. The summed E-state index contributed by atoms with van der Waals surface area (Å²) < 4.78 is 21.3. The Hall–Kier alpha value is -3.84. The van der Waals surface area contributed by atoms with Crippen LogP contribution in [0.3, 0.4) is 0 Å². The van der Waals surface area contributed by atoms with Crippen LogP contribution in [-0.4, -0.2) is 23.6 Å². The zero-order valence-corrected chi connectivity index (χ0v) is 18.1. The summed E-state index contributed by atoms with van der Waals surface area (Å²) in [5.74, 6) is -0.227. The van der Waals surface area contributed by atoms with Gasteiger partial charge in [-0.2, -0.15) is 5.26 Å². The first-order valence-electron chi connectivity index (χ1n) is 8.99. The van der Waals surface area contributed by atoms with Crippen molar-refractivity contribution in [2.45, 2.75) is 13.8 Å². The van der Waals surface area contributed by atoms with Gasteiger partial charge in [-0.1, -0.05) is 5.16 Å². The maximum absolute atomic E-state index is 12.4. The molecule has 10 heteroatoms. The Morgan fingerprint density at radius 1 is 1.35 bits per heavy atom. The highest BCUT2D eigenvalue weighted by Crippen LogP contribution is 2.38. The van der Waals surface area contributed by atoms with Gasteiger partial charge < -0.3 is 23.7 Å². The standard InChI is InChI=1S/C21H16BrN3O6/c1-3-28-17-10-13(8-14(11-23)20(26)24-18-7-12(2)31-25-18)9-15(22)19(17)30-21(27)16-5-4-6-29-16/h4-10H,3H2,1-2H3,(H,24,25,26)/b14-8-. The Kier molecular flexibility index (Phi) is 6.89. The van der Waals surface area contributed by atoms with Gasteiger partial charge in [0.25, 0.3) is 5.91 Å². The van der Waals surface area contributed by atoms with Crippen molar-refractivity contribution >= 4 is 39.7 Å². The van der Waals surface area contributed by atoms with Crippen LogP contribution in [0.15, 0.2) is 55.6 Å². The van der Waals surface area contributed by atoms with Crippen LogP contribution in [0.2, 0.25) is 0 Å². The fourth-order valence-electron chi connectivity index (χ4n) is 2.50. The number of hydrogen-bond acceptors (Lipinski definition) is 8. The molecule has 1 N–H and O–H groups in total. The van der Waals surface area contributed by atoms with E-state index in [1.165, 1.54) is 24.5 Å². The summed E-state index contributed by atoms with van der Waals surface area (Å²) in [6.45, 7) is 3.74. The quantitative estimate of drug-likeness (QED) is 0.224. The average molecular weight is 486 g/mol. The van der Waals surface area contributed by atoms with Crippen LogP contribution in [0, 0.1) is 18.3 Å². The normalized spacial score (nSPS) is 11.0. The van der Waals surface area contributed by atoms with Gasteiger partial charge in [0.2, 0.25) is 5.76 Å². The number of halogens is 1.